The first-order valence-corrected chi connectivity index (χ1v) is 10.8. The summed E-state index contributed by atoms with van der Waals surface area (Å²) in [7, 11) is 2.30. The fraction of sp³-hybridized carbons (Fsp3) is 0.520. The van der Waals surface area contributed by atoms with Crippen LogP contribution in [0, 0.1) is 0 Å². The first kappa shape index (κ1) is 18.7. The highest BCUT2D eigenvalue weighted by atomic mass is 15.2. The van der Waals surface area contributed by atoms with E-state index in [-0.39, 0.29) is 0 Å². The zero-order valence-corrected chi connectivity index (χ0v) is 16.8. The van der Waals surface area contributed by atoms with Crippen molar-refractivity contribution in [2.24, 2.45) is 0 Å². The maximum atomic E-state index is 2.80. The maximum absolute atomic E-state index is 2.80. The van der Waals surface area contributed by atoms with Crippen molar-refractivity contribution < 1.29 is 0 Å². The monoisotopic (exact) mass is 362 g/mol. The number of benzene rings is 2. The zero-order chi connectivity index (χ0) is 18.5. The molecule has 2 nitrogen and oxygen atoms in total. The molecule has 0 unspecified atom stereocenters. The minimum absolute atomic E-state index is 0.738. The van der Waals surface area contributed by atoms with Crippen molar-refractivity contribution in [1.29, 1.82) is 0 Å². The molecular weight excluding hydrogens is 328 g/mol. The number of likely N-dealkylation sites (tertiary alicyclic amines) is 1. The lowest BCUT2D eigenvalue weighted by Crippen LogP contribution is -2.47. The van der Waals surface area contributed by atoms with E-state index in [0.717, 1.165) is 24.5 Å². The highest BCUT2D eigenvalue weighted by molar-refractivity contribution is 5.20. The van der Waals surface area contributed by atoms with Gasteiger partial charge >= 0.3 is 0 Å². The summed E-state index contributed by atoms with van der Waals surface area (Å²) in [5, 5.41) is 0. The van der Waals surface area contributed by atoms with Crippen LogP contribution in [0.4, 0.5) is 0 Å². The molecule has 2 aliphatic rings. The van der Waals surface area contributed by atoms with Crippen LogP contribution >= 0.6 is 0 Å². The predicted octanol–water partition coefficient (Wildman–Crippen LogP) is 5.31. The summed E-state index contributed by atoms with van der Waals surface area (Å²) in [5.41, 5.74) is 2.99. The van der Waals surface area contributed by atoms with E-state index >= 15 is 0 Å². The third kappa shape index (κ3) is 4.80. The van der Waals surface area contributed by atoms with Gasteiger partial charge in [-0.15, -0.1) is 0 Å². The van der Waals surface area contributed by atoms with Gasteiger partial charge in [0.15, 0.2) is 0 Å². The average Bonchev–Trinajstić information content (AvgIpc) is 2.75. The predicted molar refractivity (Wildman–Crippen MR) is 114 cm³/mol. The Morgan fingerprint density at radius 3 is 2.00 bits per heavy atom. The number of hydrogen-bond donors (Lipinski definition) is 0. The molecule has 0 radical (unpaired) electrons. The fourth-order valence-corrected chi connectivity index (χ4v) is 5.19. The Labute approximate surface area is 165 Å². The van der Waals surface area contributed by atoms with Gasteiger partial charge in [-0.1, -0.05) is 60.7 Å². The Morgan fingerprint density at radius 1 is 0.778 bits per heavy atom. The summed E-state index contributed by atoms with van der Waals surface area (Å²) in [6.45, 7) is 3.64. The third-order valence-electron chi connectivity index (χ3n) is 6.88. The van der Waals surface area contributed by atoms with Crippen molar-refractivity contribution >= 4 is 0 Å². The highest BCUT2D eigenvalue weighted by Gasteiger charge is 2.30. The smallest absolute Gasteiger partial charge is 0.0233 e. The Morgan fingerprint density at radius 2 is 1.37 bits per heavy atom. The van der Waals surface area contributed by atoms with Gasteiger partial charge in [0.05, 0.1) is 0 Å². The van der Waals surface area contributed by atoms with Crippen LogP contribution in [0.2, 0.25) is 0 Å². The molecule has 144 valence electrons. The van der Waals surface area contributed by atoms with E-state index in [1.807, 2.05) is 0 Å². The van der Waals surface area contributed by atoms with Crippen molar-refractivity contribution in [3.63, 3.8) is 0 Å². The second-order valence-corrected chi connectivity index (χ2v) is 8.58. The van der Waals surface area contributed by atoms with Crippen LogP contribution in [-0.2, 0) is 6.54 Å². The molecule has 1 saturated carbocycles. The summed E-state index contributed by atoms with van der Waals surface area (Å²) in [6, 6.07) is 23.6. The lowest BCUT2D eigenvalue weighted by molar-refractivity contribution is 0.0758. The van der Waals surface area contributed by atoms with Crippen LogP contribution in [0.15, 0.2) is 60.7 Å². The summed E-state index contributed by atoms with van der Waals surface area (Å²) < 4.78 is 0. The average molecular weight is 363 g/mol. The first-order valence-electron chi connectivity index (χ1n) is 10.8. The van der Waals surface area contributed by atoms with Gasteiger partial charge in [0.1, 0.15) is 0 Å². The van der Waals surface area contributed by atoms with Gasteiger partial charge < -0.3 is 4.90 Å². The van der Waals surface area contributed by atoms with Gasteiger partial charge in [0, 0.05) is 18.6 Å². The number of piperidine rings is 1. The molecule has 1 saturated heterocycles. The summed E-state index contributed by atoms with van der Waals surface area (Å²) in [4.78, 5) is 5.37. The number of nitrogens with zero attached hydrogens (tertiary/aromatic N) is 2. The van der Waals surface area contributed by atoms with Crippen LogP contribution in [0.3, 0.4) is 0 Å². The van der Waals surface area contributed by atoms with Crippen molar-refractivity contribution in [3.8, 4) is 0 Å². The topological polar surface area (TPSA) is 6.48 Å². The van der Waals surface area contributed by atoms with E-state index in [2.05, 4.69) is 77.5 Å². The molecule has 2 aromatic rings. The molecule has 0 amide bonds. The standard InChI is InChI=1S/C25H34N2/c1-26(20-21-8-4-2-5-9-21)24-16-18-27(19-17-24)25-14-12-23(13-15-25)22-10-6-3-7-11-22/h2-11,23-25H,12-20H2,1H3. The first-order chi connectivity index (χ1) is 13.3. The molecule has 0 atom stereocenters. The Kier molecular flexibility index (Phi) is 6.26. The van der Waals surface area contributed by atoms with Crippen molar-refractivity contribution in [1.82, 2.24) is 9.80 Å². The second kappa shape index (κ2) is 9.03. The van der Waals surface area contributed by atoms with E-state index in [9.17, 15) is 0 Å². The minimum atomic E-state index is 0.738. The van der Waals surface area contributed by atoms with Gasteiger partial charge in [-0.05, 0) is 75.7 Å². The SMILES string of the molecule is CN(Cc1ccccc1)C1CCN(C2CCC(c3ccccc3)CC2)CC1. The van der Waals surface area contributed by atoms with Crippen molar-refractivity contribution in [3.05, 3.63) is 71.8 Å². The van der Waals surface area contributed by atoms with E-state index in [1.165, 1.54) is 57.2 Å². The van der Waals surface area contributed by atoms with Gasteiger partial charge in [0.25, 0.3) is 0 Å². The summed E-state index contributed by atoms with van der Waals surface area (Å²) in [5.74, 6) is 0.789. The van der Waals surface area contributed by atoms with E-state index in [0.29, 0.717) is 0 Å². The molecule has 0 spiro atoms. The third-order valence-corrected chi connectivity index (χ3v) is 6.88. The highest BCUT2D eigenvalue weighted by Crippen LogP contribution is 2.35. The molecule has 0 N–H and O–H groups in total. The van der Waals surface area contributed by atoms with E-state index in [4.69, 9.17) is 0 Å². The lowest BCUT2D eigenvalue weighted by Gasteiger charge is -2.42. The quantitative estimate of drug-likeness (QED) is 0.711. The maximum Gasteiger partial charge on any atom is 0.0233 e. The molecular formula is C25H34N2. The Bertz CT molecular complexity index is 668. The molecule has 0 aromatic heterocycles. The lowest BCUT2D eigenvalue weighted by atomic mass is 9.81. The second-order valence-electron chi connectivity index (χ2n) is 8.58. The molecule has 2 aromatic carbocycles. The largest absolute Gasteiger partial charge is 0.300 e. The molecule has 27 heavy (non-hydrogen) atoms. The summed E-state index contributed by atoms with van der Waals surface area (Å²) in [6.07, 6.45) is 8.13. The number of hydrogen-bond acceptors (Lipinski definition) is 2. The van der Waals surface area contributed by atoms with Gasteiger partial charge in [-0.25, -0.2) is 0 Å². The Hall–Kier alpha value is -1.64. The normalized spacial score (nSPS) is 25.0. The minimum Gasteiger partial charge on any atom is -0.300 e. The van der Waals surface area contributed by atoms with Gasteiger partial charge in [-0.2, -0.15) is 0 Å². The molecule has 1 aliphatic heterocycles. The molecule has 2 fully saturated rings. The van der Waals surface area contributed by atoms with Crippen LogP contribution in [0.5, 0.6) is 0 Å². The van der Waals surface area contributed by atoms with E-state index < -0.39 is 0 Å². The fourth-order valence-electron chi connectivity index (χ4n) is 5.19. The van der Waals surface area contributed by atoms with Gasteiger partial charge in [0.2, 0.25) is 0 Å². The van der Waals surface area contributed by atoms with Crippen molar-refractivity contribution in [2.45, 2.75) is 63.1 Å². The number of rotatable bonds is 5. The van der Waals surface area contributed by atoms with Crippen molar-refractivity contribution in [2.75, 3.05) is 20.1 Å². The summed E-state index contributed by atoms with van der Waals surface area (Å²) >= 11 is 0. The van der Waals surface area contributed by atoms with Gasteiger partial charge in [-0.3, -0.25) is 4.90 Å². The van der Waals surface area contributed by atoms with E-state index in [1.54, 1.807) is 5.56 Å². The van der Waals surface area contributed by atoms with Crippen LogP contribution < -0.4 is 0 Å². The van der Waals surface area contributed by atoms with Crippen LogP contribution in [-0.4, -0.2) is 42.0 Å². The zero-order valence-electron chi connectivity index (χ0n) is 16.8. The Balaban J connectivity index is 1.23. The van der Waals surface area contributed by atoms with Crippen LogP contribution in [0.25, 0.3) is 0 Å². The van der Waals surface area contributed by atoms with Crippen LogP contribution in [0.1, 0.15) is 55.6 Å². The molecule has 1 aliphatic carbocycles. The molecule has 0 bridgehead atoms. The molecule has 1 heterocycles. The molecule has 2 heteroatoms. The molecule has 4 rings (SSSR count).